The van der Waals surface area contributed by atoms with Gasteiger partial charge in [0, 0.05) is 6.54 Å². The standard InChI is InChI=1S/C12H21N3O4S/c1-7(2)6-15-10(5)11(8(3)13-15)20(18,19)14-9(4)12(16)17/h7,9,14H,6H2,1-5H3,(H,16,17)/t9-/m1/s1. The first-order valence-electron chi connectivity index (χ1n) is 6.35. The molecule has 7 nitrogen and oxygen atoms in total. The third kappa shape index (κ3) is 3.57. The van der Waals surface area contributed by atoms with Crippen LogP contribution in [0.25, 0.3) is 0 Å². The molecule has 0 radical (unpaired) electrons. The molecule has 1 heterocycles. The maximum absolute atomic E-state index is 12.3. The van der Waals surface area contributed by atoms with Crippen LogP contribution in [0.2, 0.25) is 0 Å². The molecule has 8 heteroatoms. The molecule has 0 saturated carbocycles. The maximum atomic E-state index is 12.3. The van der Waals surface area contributed by atoms with E-state index < -0.39 is 22.0 Å². The van der Waals surface area contributed by atoms with Crippen LogP contribution in [0.1, 0.15) is 32.2 Å². The first-order valence-corrected chi connectivity index (χ1v) is 7.83. The highest BCUT2D eigenvalue weighted by Crippen LogP contribution is 2.20. The average Bonchev–Trinajstić information content (AvgIpc) is 2.52. The molecule has 1 rings (SSSR count). The zero-order valence-electron chi connectivity index (χ0n) is 12.3. The van der Waals surface area contributed by atoms with E-state index in [0.29, 0.717) is 23.9 Å². The second-order valence-electron chi connectivity index (χ2n) is 5.26. The van der Waals surface area contributed by atoms with Gasteiger partial charge in [-0.05, 0) is 26.7 Å². The molecule has 2 N–H and O–H groups in total. The van der Waals surface area contributed by atoms with E-state index in [-0.39, 0.29) is 4.90 Å². The Balaban J connectivity index is 3.19. The molecule has 0 amide bonds. The van der Waals surface area contributed by atoms with E-state index in [1.807, 2.05) is 13.8 Å². The third-order valence-electron chi connectivity index (χ3n) is 2.82. The van der Waals surface area contributed by atoms with Crippen molar-refractivity contribution in [2.75, 3.05) is 0 Å². The van der Waals surface area contributed by atoms with Crippen molar-refractivity contribution in [3.05, 3.63) is 11.4 Å². The van der Waals surface area contributed by atoms with Crippen LogP contribution in [0.15, 0.2) is 4.90 Å². The van der Waals surface area contributed by atoms with Crippen LogP contribution < -0.4 is 4.72 Å². The molecule has 0 spiro atoms. The summed E-state index contributed by atoms with van der Waals surface area (Å²) >= 11 is 0. The summed E-state index contributed by atoms with van der Waals surface area (Å²) < 4.78 is 28.3. The van der Waals surface area contributed by atoms with Crippen molar-refractivity contribution in [2.45, 2.75) is 52.1 Å². The summed E-state index contributed by atoms with van der Waals surface area (Å²) in [6, 6.07) is -1.19. The topological polar surface area (TPSA) is 101 Å². The Morgan fingerprint density at radius 2 is 1.90 bits per heavy atom. The highest BCUT2D eigenvalue weighted by Gasteiger charge is 2.28. The van der Waals surface area contributed by atoms with Crippen molar-refractivity contribution in [1.29, 1.82) is 0 Å². The monoisotopic (exact) mass is 303 g/mol. The van der Waals surface area contributed by atoms with Gasteiger partial charge in [0.15, 0.2) is 0 Å². The van der Waals surface area contributed by atoms with Crippen LogP contribution in [0.4, 0.5) is 0 Å². The van der Waals surface area contributed by atoms with E-state index in [9.17, 15) is 13.2 Å². The van der Waals surface area contributed by atoms with Gasteiger partial charge in [0.1, 0.15) is 10.9 Å². The fourth-order valence-corrected chi connectivity index (χ4v) is 3.54. The smallest absolute Gasteiger partial charge is 0.321 e. The molecule has 0 aliphatic carbocycles. The molecule has 0 aliphatic heterocycles. The fourth-order valence-electron chi connectivity index (χ4n) is 1.94. The Hall–Kier alpha value is -1.41. The maximum Gasteiger partial charge on any atom is 0.321 e. The molecule has 114 valence electrons. The van der Waals surface area contributed by atoms with E-state index in [4.69, 9.17) is 5.11 Å². The highest BCUT2D eigenvalue weighted by molar-refractivity contribution is 7.89. The molecule has 20 heavy (non-hydrogen) atoms. The summed E-state index contributed by atoms with van der Waals surface area (Å²) in [6.07, 6.45) is 0. The molecule has 1 aromatic heterocycles. The molecule has 0 fully saturated rings. The van der Waals surface area contributed by atoms with Gasteiger partial charge in [-0.1, -0.05) is 13.8 Å². The number of carbonyl (C=O) groups is 1. The predicted molar refractivity (Wildman–Crippen MR) is 74.0 cm³/mol. The Bertz CT molecular complexity index is 604. The lowest BCUT2D eigenvalue weighted by atomic mass is 10.2. The summed E-state index contributed by atoms with van der Waals surface area (Å²) in [5, 5.41) is 13.0. The van der Waals surface area contributed by atoms with Crippen molar-refractivity contribution in [3.8, 4) is 0 Å². The number of sulfonamides is 1. The summed E-state index contributed by atoms with van der Waals surface area (Å²) in [4.78, 5) is 10.8. The van der Waals surface area contributed by atoms with E-state index in [1.54, 1.807) is 18.5 Å². The van der Waals surface area contributed by atoms with Crippen LogP contribution in [0.5, 0.6) is 0 Å². The molecule has 0 aliphatic rings. The predicted octanol–water partition coefficient (Wildman–Crippen LogP) is 0.907. The number of aryl methyl sites for hydroxylation is 1. The molecular formula is C12H21N3O4S. The van der Waals surface area contributed by atoms with Crippen molar-refractivity contribution in [3.63, 3.8) is 0 Å². The van der Waals surface area contributed by atoms with Crippen LogP contribution in [-0.4, -0.2) is 35.3 Å². The Labute approximate surface area is 119 Å². The number of carboxylic acid groups (broad SMARTS) is 1. The molecule has 1 atom stereocenters. The summed E-state index contributed by atoms with van der Waals surface area (Å²) in [5.41, 5.74) is 0.884. The molecule has 0 unspecified atom stereocenters. The minimum absolute atomic E-state index is 0.0613. The first-order chi connectivity index (χ1) is 9.06. The molecule has 1 aromatic rings. The third-order valence-corrected chi connectivity index (χ3v) is 4.62. The van der Waals surface area contributed by atoms with Crippen molar-refractivity contribution in [2.24, 2.45) is 5.92 Å². The van der Waals surface area contributed by atoms with Gasteiger partial charge in [-0.25, -0.2) is 8.42 Å². The number of nitrogens with zero attached hydrogens (tertiary/aromatic N) is 2. The quantitative estimate of drug-likeness (QED) is 0.813. The Morgan fingerprint density at radius 1 is 1.35 bits per heavy atom. The minimum Gasteiger partial charge on any atom is -0.480 e. The lowest BCUT2D eigenvalue weighted by Gasteiger charge is -2.11. The second-order valence-corrected chi connectivity index (χ2v) is 6.91. The first kappa shape index (κ1) is 16.6. The van der Waals surface area contributed by atoms with E-state index >= 15 is 0 Å². The largest absolute Gasteiger partial charge is 0.480 e. The van der Waals surface area contributed by atoms with Crippen LogP contribution in [-0.2, 0) is 21.4 Å². The van der Waals surface area contributed by atoms with Gasteiger partial charge >= 0.3 is 5.97 Å². The van der Waals surface area contributed by atoms with Gasteiger partial charge in [-0.2, -0.15) is 9.82 Å². The fraction of sp³-hybridized carbons (Fsp3) is 0.667. The van der Waals surface area contributed by atoms with E-state index in [2.05, 4.69) is 9.82 Å². The number of aliphatic carboxylic acids is 1. The lowest BCUT2D eigenvalue weighted by molar-refractivity contribution is -0.138. The normalized spacial score (nSPS) is 13.7. The van der Waals surface area contributed by atoms with Crippen LogP contribution >= 0.6 is 0 Å². The van der Waals surface area contributed by atoms with Gasteiger partial charge in [0.25, 0.3) is 0 Å². The van der Waals surface area contributed by atoms with Crippen LogP contribution in [0, 0.1) is 19.8 Å². The van der Waals surface area contributed by atoms with Crippen molar-refractivity contribution < 1.29 is 18.3 Å². The highest BCUT2D eigenvalue weighted by atomic mass is 32.2. The van der Waals surface area contributed by atoms with E-state index in [1.165, 1.54) is 6.92 Å². The summed E-state index contributed by atoms with van der Waals surface area (Å²) in [7, 11) is -3.90. The zero-order chi connectivity index (χ0) is 15.7. The zero-order valence-corrected chi connectivity index (χ0v) is 13.2. The van der Waals surface area contributed by atoms with Gasteiger partial charge in [0.05, 0.1) is 11.4 Å². The van der Waals surface area contributed by atoms with Crippen LogP contribution in [0.3, 0.4) is 0 Å². The SMILES string of the molecule is Cc1nn(CC(C)C)c(C)c1S(=O)(=O)N[C@H](C)C(=O)O. The summed E-state index contributed by atoms with van der Waals surface area (Å²) in [6.45, 7) is 9.18. The van der Waals surface area contributed by atoms with Gasteiger partial charge in [-0.3, -0.25) is 9.48 Å². The summed E-state index contributed by atoms with van der Waals surface area (Å²) in [5.74, 6) is -0.895. The lowest BCUT2D eigenvalue weighted by Crippen LogP contribution is -2.38. The minimum atomic E-state index is -3.90. The Kier molecular flexibility index (Phi) is 4.93. The molecule has 0 aromatic carbocycles. The second kappa shape index (κ2) is 5.92. The number of hydrogen-bond acceptors (Lipinski definition) is 4. The van der Waals surface area contributed by atoms with Gasteiger partial charge in [-0.15, -0.1) is 0 Å². The molecular weight excluding hydrogens is 282 g/mol. The Morgan fingerprint density at radius 3 is 2.35 bits per heavy atom. The van der Waals surface area contributed by atoms with Gasteiger partial charge < -0.3 is 5.11 Å². The molecule has 0 saturated heterocycles. The number of rotatable bonds is 6. The van der Waals surface area contributed by atoms with E-state index in [0.717, 1.165) is 0 Å². The number of carboxylic acids is 1. The number of hydrogen-bond donors (Lipinski definition) is 2. The van der Waals surface area contributed by atoms with Gasteiger partial charge in [0.2, 0.25) is 10.0 Å². The van der Waals surface area contributed by atoms with Crippen molar-refractivity contribution >= 4 is 16.0 Å². The average molecular weight is 303 g/mol. The number of aromatic nitrogens is 2. The van der Waals surface area contributed by atoms with Crippen molar-refractivity contribution in [1.82, 2.24) is 14.5 Å². The molecule has 0 bridgehead atoms. The number of nitrogens with one attached hydrogen (secondary N) is 1.